The molecule has 1 aliphatic rings. The van der Waals surface area contributed by atoms with Crippen LogP contribution in [0, 0.1) is 0 Å². The first-order chi connectivity index (χ1) is 24.8. The zero-order chi connectivity index (χ0) is 37.4. The summed E-state index contributed by atoms with van der Waals surface area (Å²) in [5.41, 5.74) is 0. The van der Waals surface area contributed by atoms with E-state index < -0.39 is 49.4 Å². The lowest BCUT2D eigenvalue weighted by atomic mass is 9.99. The van der Waals surface area contributed by atoms with E-state index >= 15 is 0 Å². The average molecular weight is 729 g/mol. The molecule has 0 spiro atoms. The van der Waals surface area contributed by atoms with E-state index in [0.29, 0.717) is 6.42 Å². The second kappa shape index (κ2) is 33.0. The Morgan fingerprint density at radius 1 is 0.588 bits per heavy atom. The van der Waals surface area contributed by atoms with E-state index in [1.54, 1.807) is 0 Å². The first-order valence-electron chi connectivity index (χ1n) is 20.8. The number of hydrogen-bond donors (Lipinski definition) is 4. The Kier molecular flexibility index (Phi) is 30.7. The Labute approximate surface area is 310 Å². The van der Waals surface area contributed by atoms with Crippen molar-refractivity contribution in [1.82, 2.24) is 0 Å². The number of aliphatic hydroxyl groups is 4. The van der Waals surface area contributed by atoms with E-state index in [4.69, 9.17) is 18.9 Å². The van der Waals surface area contributed by atoms with Gasteiger partial charge in [0.25, 0.3) is 0 Å². The van der Waals surface area contributed by atoms with Crippen LogP contribution in [0.15, 0.2) is 12.2 Å². The molecule has 1 rings (SSSR count). The SMILES string of the molecule is CCCCCCCC/C=C/CCCCCCCCCC(=O)OC[C@@H](CO[C@H]1O[C@@H](CO)[C@@H](O)C(O)C1O)OC(=O)CCCCCCCCCCC. The molecule has 51 heavy (non-hydrogen) atoms. The van der Waals surface area contributed by atoms with Gasteiger partial charge in [0, 0.05) is 12.8 Å². The molecule has 0 radical (unpaired) electrons. The highest BCUT2D eigenvalue weighted by Crippen LogP contribution is 2.22. The summed E-state index contributed by atoms with van der Waals surface area (Å²) in [6.07, 6.45) is 25.1. The van der Waals surface area contributed by atoms with Gasteiger partial charge < -0.3 is 39.4 Å². The van der Waals surface area contributed by atoms with E-state index in [0.717, 1.165) is 51.4 Å². The van der Waals surface area contributed by atoms with Gasteiger partial charge in [0.1, 0.15) is 31.0 Å². The molecule has 1 saturated heterocycles. The molecule has 1 heterocycles. The van der Waals surface area contributed by atoms with E-state index in [2.05, 4.69) is 26.0 Å². The van der Waals surface area contributed by atoms with Crippen LogP contribution in [0.1, 0.15) is 181 Å². The number of hydrogen-bond acceptors (Lipinski definition) is 10. The fraction of sp³-hybridized carbons (Fsp3) is 0.902. The van der Waals surface area contributed by atoms with Gasteiger partial charge in [0.2, 0.25) is 0 Å². The van der Waals surface area contributed by atoms with E-state index in [9.17, 15) is 30.0 Å². The van der Waals surface area contributed by atoms with Crippen molar-refractivity contribution < 1.29 is 49.0 Å². The van der Waals surface area contributed by atoms with Crippen molar-refractivity contribution in [3.63, 3.8) is 0 Å². The monoisotopic (exact) mass is 729 g/mol. The number of ether oxygens (including phenoxy) is 4. The van der Waals surface area contributed by atoms with Crippen molar-refractivity contribution in [2.75, 3.05) is 19.8 Å². The Balaban J connectivity index is 2.32. The summed E-state index contributed by atoms with van der Waals surface area (Å²) in [4.78, 5) is 25.2. The third-order valence-electron chi connectivity index (χ3n) is 9.65. The van der Waals surface area contributed by atoms with Crippen LogP contribution < -0.4 is 0 Å². The molecule has 6 atom stereocenters. The molecule has 300 valence electrons. The topological polar surface area (TPSA) is 152 Å². The minimum atomic E-state index is -1.59. The maximum Gasteiger partial charge on any atom is 0.306 e. The molecule has 0 aromatic carbocycles. The second-order valence-corrected chi connectivity index (χ2v) is 14.4. The fourth-order valence-electron chi connectivity index (χ4n) is 6.30. The van der Waals surface area contributed by atoms with Gasteiger partial charge in [-0.25, -0.2) is 0 Å². The summed E-state index contributed by atoms with van der Waals surface area (Å²) >= 11 is 0. The molecule has 1 fully saturated rings. The maximum absolute atomic E-state index is 12.7. The molecule has 1 aliphatic heterocycles. The smallest absolute Gasteiger partial charge is 0.306 e. The van der Waals surface area contributed by atoms with Gasteiger partial charge in [-0.05, 0) is 38.5 Å². The lowest BCUT2D eigenvalue weighted by molar-refractivity contribution is -0.305. The quantitative estimate of drug-likeness (QED) is 0.0291. The van der Waals surface area contributed by atoms with Gasteiger partial charge in [0.05, 0.1) is 13.2 Å². The van der Waals surface area contributed by atoms with Crippen LogP contribution in [0.3, 0.4) is 0 Å². The lowest BCUT2D eigenvalue weighted by Crippen LogP contribution is -2.59. The number of allylic oxidation sites excluding steroid dienone is 2. The highest BCUT2D eigenvalue weighted by molar-refractivity contribution is 5.70. The fourth-order valence-corrected chi connectivity index (χ4v) is 6.30. The molecule has 0 bridgehead atoms. The Hall–Kier alpha value is -1.56. The van der Waals surface area contributed by atoms with E-state index in [1.165, 1.54) is 96.3 Å². The zero-order valence-electron chi connectivity index (χ0n) is 32.4. The second-order valence-electron chi connectivity index (χ2n) is 14.4. The van der Waals surface area contributed by atoms with Crippen molar-refractivity contribution in [3.8, 4) is 0 Å². The Bertz CT molecular complexity index is 850. The summed E-state index contributed by atoms with van der Waals surface area (Å²) in [5, 5.41) is 39.9. The Morgan fingerprint density at radius 3 is 1.53 bits per heavy atom. The van der Waals surface area contributed by atoms with Gasteiger partial charge in [-0.1, -0.05) is 142 Å². The van der Waals surface area contributed by atoms with Crippen LogP contribution in [-0.4, -0.2) is 89.0 Å². The molecular weight excluding hydrogens is 652 g/mol. The normalized spacial score (nSPS) is 21.3. The van der Waals surface area contributed by atoms with Gasteiger partial charge in [0.15, 0.2) is 12.4 Å². The van der Waals surface area contributed by atoms with Gasteiger partial charge in [-0.3, -0.25) is 9.59 Å². The summed E-state index contributed by atoms with van der Waals surface area (Å²) in [7, 11) is 0. The average Bonchev–Trinajstić information content (AvgIpc) is 3.13. The summed E-state index contributed by atoms with van der Waals surface area (Å²) in [5.74, 6) is -0.809. The largest absolute Gasteiger partial charge is 0.462 e. The third-order valence-corrected chi connectivity index (χ3v) is 9.65. The van der Waals surface area contributed by atoms with Crippen molar-refractivity contribution in [2.45, 2.75) is 218 Å². The molecular formula is C41H76O10. The molecule has 0 aromatic rings. The number of carbonyl (C=O) groups is 2. The van der Waals surface area contributed by atoms with E-state index in [-0.39, 0.29) is 32.0 Å². The van der Waals surface area contributed by atoms with Crippen molar-refractivity contribution >= 4 is 11.9 Å². The van der Waals surface area contributed by atoms with Crippen LogP contribution >= 0.6 is 0 Å². The maximum atomic E-state index is 12.7. The van der Waals surface area contributed by atoms with Crippen molar-refractivity contribution in [2.24, 2.45) is 0 Å². The van der Waals surface area contributed by atoms with Crippen LogP contribution in [0.25, 0.3) is 0 Å². The number of aliphatic hydroxyl groups excluding tert-OH is 4. The summed E-state index contributed by atoms with van der Waals surface area (Å²) in [6.45, 7) is 3.39. The predicted molar refractivity (Wildman–Crippen MR) is 201 cm³/mol. The summed E-state index contributed by atoms with van der Waals surface area (Å²) in [6, 6.07) is 0. The standard InChI is InChI=1S/C41H76O10/c1-3-5-7-9-11-13-14-15-16-17-18-19-20-22-23-25-27-29-36(43)48-32-34(33-49-41-40(47)39(46)38(45)35(31-42)51-41)50-37(44)30-28-26-24-21-12-10-8-6-4-2/h15-16,34-35,38-42,45-47H,3-14,17-33H2,1-2H3/b16-15+/t34-,35-,38+,39?,40?,41-/m0/s1. The van der Waals surface area contributed by atoms with Gasteiger partial charge in [-0.2, -0.15) is 0 Å². The van der Waals surface area contributed by atoms with Crippen LogP contribution in [0.2, 0.25) is 0 Å². The Morgan fingerprint density at radius 2 is 1.04 bits per heavy atom. The summed E-state index contributed by atoms with van der Waals surface area (Å²) < 4.78 is 22.1. The van der Waals surface area contributed by atoms with E-state index in [1.807, 2.05) is 0 Å². The first kappa shape index (κ1) is 47.5. The molecule has 10 heteroatoms. The first-order valence-corrected chi connectivity index (χ1v) is 20.8. The molecule has 0 saturated carbocycles. The number of rotatable bonds is 34. The predicted octanol–water partition coefficient (Wildman–Crippen LogP) is 8.00. The van der Waals surface area contributed by atoms with Crippen LogP contribution in [0.4, 0.5) is 0 Å². The molecule has 10 nitrogen and oxygen atoms in total. The molecule has 4 N–H and O–H groups in total. The highest BCUT2D eigenvalue weighted by Gasteiger charge is 2.44. The van der Waals surface area contributed by atoms with Gasteiger partial charge in [-0.15, -0.1) is 0 Å². The molecule has 0 aromatic heterocycles. The zero-order valence-corrected chi connectivity index (χ0v) is 32.4. The van der Waals surface area contributed by atoms with Crippen LogP contribution in [-0.2, 0) is 28.5 Å². The number of esters is 2. The highest BCUT2D eigenvalue weighted by atomic mass is 16.7. The minimum absolute atomic E-state index is 0.215. The number of unbranched alkanes of at least 4 members (excludes halogenated alkanes) is 21. The molecule has 0 aliphatic carbocycles. The molecule has 0 amide bonds. The third kappa shape index (κ3) is 25.2. The van der Waals surface area contributed by atoms with Crippen molar-refractivity contribution in [3.05, 3.63) is 12.2 Å². The molecule has 2 unspecified atom stereocenters. The number of carbonyl (C=O) groups excluding carboxylic acids is 2. The van der Waals surface area contributed by atoms with Gasteiger partial charge >= 0.3 is 11.9 Å². The minimum Gasteiger partial charge on any atom is -0.462 e. The van der Waals surface area contributed by atoms with Crippen LogP contribution in [0.5, 0.6) is 0 Å². The lowest BCUT2D eigenvalue weighted by Gasteiger charge is -2.39. The van der Waals surface area contributed by atoms with Crippen molar-refractivity contribution in [1.29, 1.82) is 0 Å².